The third-order valence-electron chi connectivity index (χ3n) is 4.30. The molecule has 126 valence electrons. The fraction of sp³-hybridized carbons (Fsp3) is 0.0500. The SMILES string of the molecule is Cc1ccc2oc(=O)c(-c3nnc(-c4cc5ccccc5[nH]4)s3)cc2c1. The lowest BCUT2D eigenvalue weighted by molar-refractivity contribution is 0.563. The van der Waals surface area contributed by atoms with Gasteiger partial charge in [-0.2, -0.15) is 0 Å². The van der Waals surface area contributed by atoms with Crippen LogP contribution in [-0.2, 0) is 0 Å². The zero-order valence-corrected chi connectivity index (χ0v) is 14.6. The van der Waals surface area contributed by atoms with Crippen LogP contribution >= 0.6 is 11.3 Å². The second-order valence-electron chi connectivity index (χ2n) is 6.17. The van der Waals surface area contributed by atoms with Crippen molar-refractivity contribution in [3.63, 3.8) is 0 Å². The van der Waals surface area contributed by atoms with Crippen LogP contribution in [0.1, 0.15) is 5.56 Å². The van der Waals surface area contributed by atoms with Crippen molar-refractivity contribution in [2.75, 3.05) is 0 Å². The summed E-state index contributed by atoms with van der Waals surface area (Å²) in [7, 11) is 0. The van der Waals surface area contributed by atoms with Crippen molar-refractivity contribution >= 4 is 33.2 Å². The van der Waals surface area contributed by atoms with E-state index in [1.165, 1.54) is 11.3 Å². The van der Waals surface area contributed by atoms with Crippen molar-refractivity contribution < 1.29 is 4.42 Å². The minimum Gasteiger partial charge on any atom is -0.422 e. The summed E-state index contributed by atoms with van der Waals surface area (Å²) in [5, 5.41) is 11.7. The van der Waals surface area contributed by atoms with Crippen molar-refractivity contribution in [3.8, 4) is 21.3 Å². The van der Waals surface area contributed by atoms with Gasteiger partial charge in [-0.25, -0.2) is 4.79 Å². The lowest BCUT2D eigenvalue weighted by atomic mass is 10.1. The third-order valence-corrected chi connectivity index (χ3v) is 5.29. The molecular weight excluding hydrogens is 346 g/mol. The molecular formula is C20H13N3O2S. The molecule has 2 aromatic carbocycles. The molecule has 0 atom stereocenters. The van der Waals surface area contributed by atoms with Crippen molar-refractivity contribution in [1.29, 1.82) is 0 Å². The van der Waals surface area contributed by atoms with Crippen LogP contribution in [0.4, 0.5) is 0 Å². The van der Waals surface area contributed by atoms with Gasteiger partial charge in [0.25, 0.3) is 0 Å². The smallest absolute Gasteiger partial charge is 0.346 e. The molecule has 0 amide bonds. The van der Waals surface area contributed by atoms with Gasteiger partial charge in [-0.05, 0) is 37.3 Å². The number of aryl methyl sites for hydroxylation is 1. The van der Waals surface area contributed by atoms with Crippen LogP contribution in [-0.4, -0.2) is 15.2 Å². The highest BCUT2D eigenvalue weighted by Crippen LogP contribution is 2.31. The summed E-state index contributed by atoms with van der Waals surface area (Å²) in [5.74, 6) is 0. The standard InChI is InChI=1S/C20H13N3O2S/c1-11-6-7-17-13(8-11)9-14(20(24)25-17)18-22-23-19(26-18)16-10-12-4-2-3-5-15(12)21-16/h2-10,21H,1H3. The number of H-pyrrole nitrogens is 1. The van der Waals surface area contributed by atoms with E-state index in [-0.39, 0.29) is 0 Å². The van der Waals surface area contributed by atoms with Gasteiger partial charge >= 0.3 is 5.63 Å². The minimum absolute atomic E-state index is 0.402. The second-order valence-corrected chi connectivity index (χ2v) is 7.15. The lowest BCUT2D eigenvalue weighted by Gasteiger charge is -2.00. The molecule has 26 heavy (non-hydrogen) atoms. The summed E-state index contributed by atoms with van der Waals surface area (Å²) in [6.07, 6.45) is 0. The molecule has 6 heteroatoms. The van der Waals surface area contributed by atoms with Gasteiger partial charge in [0.15, 0.2) is 10.0 Å². The molecule has 0 saturated carbocycles. The molecule has 0 aliphatic heterocycles. The lowest BCUT2D eigenvalue weighted by Crippen LogP contribution is -2.02. The van der Waals surface area contributed by atoms with E-state index >= 15 is 0 Å². The maximum Gasteiger partial charge on any atom is 0.346 e. The average Bonchev–Trinajstić information content (AvgIpc) is 3.28. The van der Waals surface area contributed by atoms with Crippen LogP contribution in [0.25, 0.3) is 43.1 Å². The first kappa shape index (κ1) is 15.0. The summed E-state index contributed by atoms with van der Waals surface area (Å²) in [5.41, 5.74) is 3.64. The van der Waals surface area contributed by atoms with E-state index in [1.807, 2.05) is 61.5 Å². The summed E-state index contributed by atoms with van der Waals surface area (Å²) < 4.78 is 5.44. The number of aromatic nitrogens is 3. The van der Waals surface area contributed by atoms with E-state index in [0.717, 1.165) is 32.6 Å². The Labute approximate surface area is 151 Å². The van der Waals surface area contributed by atoms with Gasteiger partial charge in [0.05, 0.1) is 11.3 Å². The Morgan fingerprint density at radius 1 is 0.962 bits per heavy atom. The average molecular weight is 359 g/mol. The quantitative estimate of drug-likeness (QED) is 0.461. The molecule has 0 radical (unpaired) electrons. The van der Waals surface area contributed by atoms with E-state index in [2.05, 4.69) is 15.2 Å². The zero-order chi connectivity index (χ0) is 17.7. The number of rotatable bonds is 2. The van der Waals surface area contributed by atoms with E-state index in [4.69, 9.17) is 4.42 Å². The predicted octanol–water partition coefficient (Wildman–Crippen LogP) is 4.77. The normalized spacial score (nSPS) is 11.4. The fourth-order valence-corrected chi connectivity index (χ4v) is 3.84. The van der Waals surface area contributed by atoms with E-state index in [9.17, 15) is 4.79 Å². The number of nitrogens with zero attached hydrogens (tertiary/aromatic N) is 2. The maximum absolute atomic E-state index is 12.4. The van der Waals surface area contributed by atoms with Gasteiger partial charge in [-0.3, -0.25) is 0 Å². The van der Waals surface area contributed by atoms with Gasteiger partial charge in [0, 0.05) is 16.3 Å². The topological polar surface area (TPSA) is 71.8 Å². The van der Waals surface area contributed by atoms with Crippen LogP contribution in [0, 0.1) is 6.92 Å². The van der Waals surface area contributed by atoms with Crippen molar-refractivity contribution in [2.45, 2.75) is 6.92 Å². The summed E-state index contributed by atoms with van der Waals surface area (Å²) >= 11 is 1.37. The number of fused-ring (bicyclic) bond motifs is 2. The number of benzene rings is 2. The largest absolute Gasteiger partial charge is 0.422 e. The second kappa shape index (κ2) is 5.64. The molecule has 5 nitrogen and oxygen atoms in total. The Hall–Kier alpha value is -3.25. The number of hydrogen-bond acceptors (Lipinski definition) is 5. The minimum atomic E-state index is -0.402. The van der Waals surface area contributed by atoms with Crippen molar-refractivity contribution in [2.24, 2.45) is 0 Å². The molecule has 0 aliphatic rings. The van der Waals surface area contributed by atoms with Crippen LogP contribution in [0.3, 0.4) is 0 Å². The molecule has 0 bridgehead atoms. The Balaban J connectivity index is 1.62. The van der Waals surface area contributed by atoms with Crippen LogP contribution < -0.4 is 5.63 Å². The predicted molar refractivity (Wildman–Crippen MR) is 103 cm³/mol. The highest BCUT2D eigenvalue weighted by molar-refractivity contribution is 7.17. The summed E-state index contributed by atoms with van der Waals surface area (Å²) in [6.45, 7) is 2.00. The fourth-order valence-electron chi connectivity index (χ4n) is 3.02. The molecule has 3 heterocycles. The number of para-hydroxylation sites is 1. The summed E-state index contributed by atoms with van der Waals surface area (Å²) in [4.78, 5) is 15.7. The van der Waals surface area contributed by atoms with E-state index in [0.29, 0.717) is 16.2 Å². The Kier molecular flexibility index (Phi) is 3.26. The molecule has 0 spiro atoms. The first-order valence-electron chi connectivity index (χ1n) is 8.14. The highest BCUT2D eigenvalue weighted by Gasteiger charge is 2.15. The summed E-state index contributed by atoms with van der Waals surface area (Å²) in [6, 6.07) is 17.6. The van der Waals surface area contributed by atoms with Crippen molar-refractivity contribution in [1.82, 2.24) is 15.2 Å². The number of nitrogens with one attached hydrogen (secondary N) is 1. The van der Waals surface area contributed by atoms with Crippen LogP contribution in [0.15, 0.2) is 63.8 Å². The van der Waals surface area contributed by atoms with Crippen molar-refractivity contribution in [3.05, 3.63) is 70.6 Å². The molecule has 5 aromatic rings. The Morgan fingerprint density at radius 3 is 2.69 bits per heavy atom. The van der Waals surface area contributed by atoms with Gasteiger partial charge < -0.3 is 9.40 Å². The zero-order valence-electron chi connectivity index (χ0n) is 13.8. The van der Waals surface area contributed by atoms with Gasteiger partial charge in [0.2, 0.25) is 0 Å². The van der Waals surface area contributed by atoms with Gasteiger partial charge in [-0.15, -0.1) is 10.2 Å². The van der Waals surface area contributed by atoms with E-state index < -0.39 is 5.63 Å². The Morgan fingerprint density at radius 2 is 1.81 bits per heavy atom. The first-order chi connectivity index (χ1) is 12.7. The molecule has 1 N–H and O–H groups in total. The molecule has 5 rings (SSSR count). The third kappa shape index (κ3) is 2.43. The molecule has 0 saturated heterocycles. The molecule has 0 unspecified atom stereocenters. The highest BCUT2D eigenvalue weighted by atomic mass is 32.1. The molecule has 0 fully saturated rings. The van der Waals surface area contributed by atoms with Gasteiger partial charge in [0.1, 0.15) is 5.58 Å². The Bertz CT molecular complexity index is 1300. The molecule has 3 aromatic heterocycles. The monoisotopic (exact) mass is 359 g/mol. The first-order valence-corrected chi connectivity index (χ1v) is 8.95. The van der Waals surface area contributed by atoms with E-state index in [1.54, 1.807) is 0 Å². The van der Waals surface area contributed by atoms with Crippen LogP contribution in [0.5, 0.6) is 0 Å². The number of hydrogen-bond donors (Lipinski definition) is 1. The van der Waals surface area contributed by atoms with Gasteiger partial charge in [-0.1, -0.05) is 41.2 Å². The number of aromatic amines is 1. The maximum atomic E-state index is 12.4. The van der Waals surface area contributed by atoms with Crippen LogP contribution in [0.2, 0.25) is 0 Å². The molecule has 0 aliphatic carbocycles.